The summed E-state index contributed by atoms with van der Waals surface area (Å²) in [5, 5.41) is 4.54. The molecular formula is C34H29F2N2P. The molecule has 2 nitrogen and oxygen atoms in total. The summed E-state index contributed by atoms with van der Waals surface area (Å²) < 4.78 is 29.5. The van der Waals surface area contributed by atoms with Crippen LogP contribution in [0.2, 0.25) is 0 Å². The van der Waals surface area contributed by atoms with Crippen LogP contribution in [-0.2, 0) is 0 Å². The van der Waals surface area contributed by atoms with Gasteiger partial charge in [0.05, 0.1) is 0 Å². The van der Waals surface area contributed by atoms with Crippen LogP contribution in [0.25, 0.3) is 22.3 Å². The van der Waals surface area contributed by atoms with Crippen molar-refractivity contribution in [3.05, 3.63) is 150 Å². The summed E-state index contributed by atoms with van der Waals surface area (Å²) in [5.74, 6) is -0.553. The van der Waals surface area contributed by atoms with Crippen molar-refractivity contribution in [1.82, 2.24) is 0 Å². The fourth-order valence-electron chi connectivity index (χ4n) is 4.36. The van der Waals surface area contributed by atoms with Crippen LogP contribution >= 0.6 is 8.73 Å². The number of hydrogen-bond acceptors (Lipinski definition) is 2. The molecule has 0 saturated heterocycles. The van der Waals surface area contributed by atoms with E-state index in [1.165, 1.54) is 24.3 Å². The lowest BCUT2D eigenvalue weighted by Crippen LogP contribution is -2.18. The van der Waals surface area contributed by atoms with Crippen LogP contribution in [0.5, 0.6) is 0 Å². The molecule has 0 aliphatic carbocycles. The highest BCUT2D eigenvalue weighted by molar-refractivity contribution is 7.49. The van der Waals surface area contributed by atoms with E-state index in [4.69, 9.17) is 0 Å². The molecular weight excluding hydrogens is 505 g/mol. The maximum atomic E-state index is 13.9. The molecule has 5 aromatic carbocycles. The van der Waals surface area contributed by atoms with Crippen molar-refractivity contribution in [2.24, 2.45) is 0 Å². The topological polar surface area (TPSA) is 15.3 Å². The van der Waals surface area contributed by atoms with Gasteiger partial charge in [-0.3, -0.25) is 0 Å². The van der Waals surface area contributed by atoms with Crippen LogP contribution in [0.4, 0.5) is 20.2 Å². The number of rotatable bonds is 8. The number of allylic oxidation sites excluding steroid dienone is 2. The molecule has 39 heavy (non-hydrogen) atoms. The number of halogens is 2. The Kier molecular flexibility index (Phi) is 8.15. The van der Waals surface area contributed by atoms with E-state index in [9.17, 15) is 8.78 Å². The minimum Gasteiger partial charge on any atom is -0.358 e. The van der Waals surface area contributed by atoms with Gasteiger partial charge in [0.1, 0.15) is 11.6 Å². The second-order valence-corrected chi connectivity index (χ2v) is 10.5. The molecule has 0 bridgehead atoms. The highest BCUT2D eigenvalue weighted by Gasteiger charge is 2.15. The Morgan fingerprint density at radius 1 is 0.590 bits per heavy atom. The van der Waals surface area contributed by atoms with Gasteiger partial charge < -0.3 is 9.99 Å². The highest BCUT2D eigenvalue weighted by Crippen LogP contribution is 2.35. The third kappa shape index (κ3) is 6.60. The van der Waals surface area contributed by atoms with Crippen LogP contribution in [0.15, 0.2) is 139 Å². The zero-order chi connectivity index (χ0) is 27.2. The molecule has 0 amide bonds. The molecule has 0 aromatic heterocycles. The largest absolute Gasteiger partial charge is 0.358 e. The molecule has 194 valence electrons. The van der Waals surface area contributed by atoms with Gasteiger partial charge in [-0.25, -0.2) is 8.78 Å². The molecule has 0 heterocycles. The molecule has 0 aliphatic rings. The SMILES string of the molecule is C/C(Nc1ccc(F)cc1)=C(\C)N(Pc1cc(-c2ccccc2)cc(-c2ccccc2)c1)c1ccc(F)cc1. The van der Waals surface area contributed by atoms with Crippen LogP contribution < -0.4 is 15.3 Å². The monoisotopic (exact) mass is 534 g/mol. The lowest BCUT2D eigenvalue weighted by molar-refractivity contribution is 0.627. The first-order valence-electron chi connectivity index (χ1n) is 12.7. The number of hydrogen-bond donors (Lipinski definition) is 1. The fourth-order valence-corrected chi connectivity index (χ4v) is 5.67. The van der Waals surface area contributed by atoms with E-state index in [1.54, 1.807) is 24.3 Å². The van der Waals surface area contributed by atoms with Gasteiger partial charge in [-0.15, -0.1) is 0 Å². The maximum Gasteiger partial charge on any atom is 0.123 e. The van der Waals surface area contributed by atoms with Crippen molar-refractivity contribution in [2.75, 3.05) is 9.99 Å². The molecule has 0 radical (unpaired) electrons. The summed E-state index contributed by atoms with van der Waals surface area (Å²) in [5.41, 5.74) is 8.17. The van der Waals surface area contributed by atoms with Crippen molar-refractivity contribution in [3.63, 3.8) is 0 Å². The first-order chi connectivity index (χ1) is 19.0. The van der Waals surface area contributed by atoms with Crippen LogP contribution in [-0.4, -0.2) is 0 Å². The van der Waals surface area contributed by atoms with E-state index in [-0.39, 0.29) is 20.4 Å². The predicted octanol–water partition coefficient (Wildman–Crippen LogP) is 9.39. The van der Waals surface area contributed by atoms with E-state index >= 15 is 0 Å². The number of anilines is 2. The summed E-state index contributed by atoms with van der Waals surface area (Å²) in [6.45, 7) is 4.04. The van der Waals surface area contributed by atoms with Crippen molar-refractivity contribution < 1.29 is 8.78 Å². The second kappa shape index (κ2) is 12.1. The standard InChI is InChI=1S/C34H29F2N2P/c1-24(37-32-17-13-30(35)14-18-32)25(2)38(33-19-15-31(36)16-20-33)39-34-22-28(26-9-5-3-6-10-26)21-29(23-34)27-11-7-4-8-12-27/h3-23,37,39H,1-2H3/b25-24-. The summed E-state index contributed by atoms with van der Waals surface area (Å²) >= 11 is 0. The number of benzene rings is 5. The van der Waals surface area contributed by atoms with Crippen molar-refractivity contribution >= 4 is 25.4 Å². The summed E-state index contributed by atoms with van der Waals surface area (Å²) in [4.78, 5) is 0. The molecule has 0 spiro atoms. The Balaban J connectivity index is 1.57. The lowest BCUT2D eigenvalue weighted by atomic mass is 9.99. The first-order valence-corrected chi connectivity index (χ1v) is 13.7. The van der Waals surface area contributed by atoms with Crippen LogP contribution in [0.1, 0.15) is 13.8 Å². The Hall–Kier alpha value is -4.27. The maximum absolute atomic E-state index is 13.9. The zero-order valence-corrected chi connectivity index (χ0v) is 22.8. The van der Waals surface area contributed by atoms with Gasteiger partial charge in [0, 0.05) is 31.5 Å². The van der Waals surface area contributed by atoms with Crippen LogP contribution in [0, 0.1) is 11.6 Å². The van der Waals surface area contributed by atoms with Gasteiger partial charge in [0.25, 0.3) is 0 Å². The molecule has 5 rings (SSSR count). The van der Waals surface area contributed by atoms with Gasteiger partial charge in [0.15, 0.2) is 0 Å². The predicted molar refractivity (Wildman–Crippen MR) is 163 cm³/mol. The summed E-state index contributed by atoms with van der Waals surface area (Å²) in [6.07, 6.45) is 0. The summed E-state index contributed by atoms with van der Waals surface area (Å²) in [6, 6.07) is 40.3. The molecule has 0 fully saturated rings. The fraction of sp³-hybridized carbons (Fsp3) is 0.0588. The van der Waals surface area contributed by atoms with Gasteiger partial charge in [0.2, 0.25) is 0 Å². The molecule has 0 aliphatic heterocycles. The van der Waals surface area contributed by atoms with E-state index in [2.05, 4.69) is 76.7 Å². The Labute approximate surface area is 230 Å². The second-order valence-electron chi connectivity index (χ2n) is 9.30. The minimum atomic E-state index is -0.277. The third-order valence-electron chi connectivity index (χ3n) is 6.53. The summed E-state index contributed by atoms with van der Waals surface area (Å²) in [7, 11) is 0.237. The average Bonchev–Trinajstić information content (AvgIpc) is 2.98. The molecule has 5 aromatic rings. The zero-order valence-electron chi connectivity index (χ0n) is 21.8. The van der Waals surface area contributed by atoms with Crippen molar-refractivity contribution in [2.45, 2.75) is 13.8 Å². The minimum absolute atomic E-state index is 0.237. The Morgan fingerprint density at radius 3 is 1.59 bits per heavy atom. The van der Waals surface area contributed by atoms with Gasteiger partial charge in [-0.1, -0.05) is 60.7 Å². The van der Waals surface area contributed by atoms with Gasteiger partial charge in [-0.05, 0) is 108 Å². The van der Waals surface area contributed by atoms with E-state index < -0.39 is 0 Å². The van der Waals surface area contributed by atoms with Crippen molar-refractivity contribution in [1.29, 1.82) is 0 Å². The Morgan fingerprint density at radius 2 is 1.08 bits per heavy atom. The number of nitrogens with one attached hydrogen (secondary N) is 1. The van der Waals surface area contributed by atoms with Gasteiger partial charge >= 0.3 is 0 Å². The highest BCUT2D eigenvalue weighted by atomic mass is 31.1. The molecule has 5 heteroatoms. The third-order valence-corrected chi connectivity index (χ3v) is 7.89. The molecule has 1 unspecified atom stereocenters. The van der Waals surface area contributed by atoms with E-state index in [1.807, 2.05) is 26.0 Å². The average molecular weight is 535 g/mol. The first kappa shape index (κ1) is 26.3. The normalized spacial score (nSPS) is 11.9. The molecule has 1 atom stereocenters. The quantitative estimate of drug-likeness (QED) is 0.200. The number of nitrogens with zero attached hydrogens (tertiary/aromatic N) is 1. The smallest absolute Gasteiger partial charge is 0.123 e. The molecule has 0 saturated carbocycles. The van der Waals surface area contributed by atoms with E-state index in [0.717, 1.165) is 50.3 Å². The van der Waals surface area contributed by atoms with Crippen LogP contribution in [0.3, 0.4) is 0 Å². The molecule has 1 N–H and O–H groups in total. The van der Waals surface area contributed by atoms with E-state index in [0.29, 0.717) is 0 Å². The van der Waals surface area contributed by atoms with Gasteiger partial charge in [-0.2, -0.15) is 0 Å². The Bertz CT molecular complexity index is 1510. The van der Waals surface area contributed by atoms with Crippen molar-refractivity contribution in [3.8, 4) is 22.3 Å². The lowest BCUT2D eigenvalue weighted by Gasteiger charge is -2.28.